The molecule has 0 radical (unpaired) electrons. The Morgan fingerprint density at radius 2 is 1.81 bits per heavy atom. The van der Waals surface area contributed by atoms with Gasteiger partial charge in [-0.05, 0) is 23.8 Å². The zero-order valence-electron chi connectivity index (χ0n) is 9.70. The maximum atomic E-state index is 5.77. The van der Waals surface area contributed by atoms with Crippen molar-refractivity contribution in [2.45, 2.75) is 26.8 Å². The van der Waals surface area contributed by atoms with Gasteiger partial charge in [0.1, 0.15) is 5.15 Å². The van der Waals surface area contributed by atoms with Gasteiger partial charge in [-0.3, -0.25) is 0 Å². The number of aromatic nitrogens is 1. The Bertz CT molecular complexity index is 455. The summed E-state index contributed by atoms with van der Waals surface area (Å²) in [5.41, 5.74) is 7.49. The topological polar surface area (TPSA) is 38.9 Å². The van der Waals surface area contributed by atoms with E-state index in [-0.39, 0.29) is 0 Å². The number of pyridine rings is 1. The molecule has 0 aliphatic heterocycles. The van der Waals surface area contributed by atoms with Crippen LogP contribution in [0.2, 0.25) is 5.15 Å². The van der Waals surface area contributed by atoms with Crippen molar-refractivity contribution < 1.29 is 0 Å². The molecule has 86 valence electrons. The molecule has 0 saturated heterocycles. The minimum atomic E-state index is 0.515. The van der Waals surface area contributed by atoms with Gasteiger partial charge in [0.2, 0.25) is 0 Å². The molecule has 2 aromatic rings. The maximum absolute atomic E-state index is 5.77. The summed E-state index contributed by atoms with van der Waals surface area (Å²) in [4.78, 5) is 4.19. The zero-order chi connectivity index (χ0) is 12.0. The molecule has 0 spiro atoms. The van der Waals surface area contributed by atoms with Crippen molar-refractivity contribution in [2.24, 2.45) is 5.73 Å². The monoisotopic (exact) mass is 236 g/mol. The van der Waals surface area contributed by atoms with Gasteiger partial charge in [-0.25, -0.2) is 4.98 Å². The van der Waals surface area contributed by atoms with E-state index in [2.05, 4.69) is 18.8 Å². The average molecular weight is 237 g/mol. The van der Waals surface area contributed by atoms with Gasteiger partial charge in [0, 0.05) is 11.9 Å². The molecule has 2 N–H and O–H groups in total. The highest BCUT2D eigenvalue weighted by Gasteiger charge is 1.97. The fourth-order valence-corrected chi connectivity index (χ4v) is 1.42. The Balaban J connectivity index is 0.000000386. The number of halogens is 1. The van der Waals surface area contributed by atoms with Crippen LogP contribution in [0.15, 0.2) is 30.3 Å². The van der Waals surface area contributed by atoms with Crippen molar-refractivity contribution in [3.8, 4) is 0 Å². The summed E-state index contributed by atoms with van der Waals surface area (Å²) in [5, 5.41) is 1.60. The average Bonchev–Trinajstić information content (AvgIpc) is 2.29. The number of benzene rings is 1. The fraction of sp³-hybridized carbons (Fsp3) is 0.308. The summed E-state index contributed by atoms with van der Waals surface area (Å²) >= 11 is 5.77. The Hall–Kier alpha value is -1.12. The molecular formula is C13H17ClN2. The lowest BCUT2D eigenvalue weighted by molar-refractivity contribution is 1.07. The molecule has 2 rings (SSSR count). The molecule has 3 heteroatoms. The van der Waals surface area contributed by atoms with E-state index in [0.29, 0.717) is 11.7 Å². The molecule has 0 unspecified atom stereocenters. The van der Waals surface area contributed by atoms with Crippen LogP contribution in [0.4, 0.5) is 0 Å². The van der Waals surface area contributed by atoms with Gasteiger partial charge in [-0.1, -0.05) is 44.0 Å². The second-order valence-electron chi connectivity index (χ2n) is 3.57. The largest absolute Gasteiger partial charge is 0.326 e. The molecule has 0 bridgehead atoms. The second kappa shape index (κ2) is 6.46. The van der Waals surface area contributed by atoms with Crippen molar-refractivity contribution in [3.63, 3.8) is 0 Å². The molecule has 1 aromatic carbocycles. The predicted molar refractivity (Wildman–Crippen MR) is 70.6 cm³/mol. The van der Waals surface area contributed by atoms with E-state index in [9.17, 15) is 0 Å². The van der Waals surface area contributed by atoms with Crippen LogP contribution < -0.4 is 5.73 Å². The van der Waals surface area contributed by atoms with Crippen LogP contribution in [-0.4, -0.2) is 4.98 Å². The van der Waals surface area contributed by atoms with Gasteiger partial charge in [0.15, 0.2) is 0 Å². The van der Waals surface area contributed by atoms with Gasteiger partial charge in [0.25, 0.3) is 0 Å². The van der Waals surface area contributed by atoms with Gasteiger partial charge >= 0.3 is 0 Å². The minimum absolute atomic E-state index is 0.515. The van der Waals surface area contributed by atoms with Crippen molar-refractivity contribution in [1.82, 2.24) is 4.98 Å². The maximum Gasteiger partial charge on any atom is 0.129 e. The standard InChI is InChI=1S/C10H9ClN2.C3H8/c11-10-4-3-8-2-1-7(6-12)5-9(8)13-10;1-3-2/h1-5H,6,12H2;3H2,1-2H3. The first-order chi connectivity index (χ1) is 7.71. The molecule has 16 heavy (non-hydrogen) atoms. The Morgan fingerprint density at radius 1 is 1.19 bits per heavy atom. The predicted octanol–water partition coefficient (Wildman–Crippen LogP) is 3.76. The van der Waals surface area contributed by atoms with E-state index < -0.39 is 0 Å². The summed E-state index contributed by atoms with van der Waals surface area (Å²) in [5.74, 6) is 0. The highest BCUT2D eigenvalue weighted by molar-refractivity contribution is 6.29. The lowest BCUT2D eigenvalue weighted by atomic mass is 10.1. The molecule has 0 atom stereocenters. The molecule has 0 saturated carbocycles. The smallest absolute Gasteiger partial charge is 0.129 e. The molecule has 0 amide bonds. The van der Waals surface area contributed by atoms with Crippen LogP contribution in [0.25, 0.3) is 10.9 Å². The Morgan fingerprint density at radius 3 is 2.44 bits per heavy atom. The third-order valence-electron chi connectivity index (χ3n) is 1.96. The van der Waals surface area contributed by atoms with Crippen LogP contribution >= 0.6 is 11.6 Å². The van der Waals surface area contributed by atoms with E-state index >= 15 is 0 Å². The Kier molecular flexibility index (Phi) is 5.23. The Labute approximate surface area is 101 Å². The number of nitrogens with two attached hydrogens (primary N) is 1. The van der Waals surface area contributed by atoms with E-state index in [1.54, 1.807) is 6.07 Å². The van der Waals surface area contributed by atoms with E-state index in [1.165, 1.54) is 6.42 Å². The van der Waals surface area contributed by atoms with Crippen molar-refractivity contribution in [3.05, 3.63) is 41.0 Å². The minimum Gasteiger partial charge on any atom is -0.326 e. The van der Waals surface area contributed by atoms with Gasteiger partial charge < -0.3 is 5.73 Å². The van der Waals surface area contributed by atoms with E-state index in [1.807, 2.05) is 24.3 Å². The molecule has 2 nitrogen and oxygen atoms in total. The quantitative estimate of drug-likeness (QED) is 0.766. The molecule has 1 aromatic heterocycles. The number of nitrogens with zero attached hydrogens (tertiary/aromatic N) is 1. The lowest BCUT2D eigenvalue weighted by Gasteiger charge is -2.00. The highest BCUT2D eigenvalue weighted by Crippen LogP contribution is 2.16. The van der Waals surface area contributed by atoms with Crippen molar-refractivity contribution in [2.75, 3.05) is 0 Å². The number of hydrogen-bond donors (Lipinski definition) is 1. The van der Waals surface area contributed by atoms with Crippen LogP contribution in [0.5, 0.6) is 0 Å². The molecular weight excluding hydrogens is 220 g/mol. The lowest BCUT2D eigenvalue weighted by Crippen LogP contribution is -1.95. The zero-order valence-corrected chi connectivity index (χ0v) is 10.5. The van der Waals surface area contributed by atoms with Gasteiger partial charge in [0.05, 0.1) is 5.52 Å². The van der Waals surface area contributed by atoms with E-state index in [0.717, 1.165) is 16.5 Å². The molecule has 0 aliphatic rings. The summed E-state index contributed by atoms with van der Waals surface area (Å²) in [6.07, 6.45) is 1.25. The molecule has 1 heterocycles. The SMILES string of the molecule is CCC.NCc1ccc2ccc(Cl)nc2c1. The second-order valence-corrected chi connectivity index (χ2v) is 3.96. The first-order valence-corrected chi connectivity index (χ1v) is 5.84. The highest BCUT2D eigenvalue weighted by atomic mass is 35.5. The molecule has 0 aliphatic carbocycles. The first kappa shape index (κ1) is 12.9. The van der Waals surface area contributed by atoms with Gasteiger partial charge in [-0.15, -0.1) is 0 Å². The molecule has 0 fully saturated rings. The van der Waals surface area contributed by atoms with Crippen LogP contribution in [0, 0.1) is 0 Å². The summed E-state index contributed by atoms with van der Waals surface area (Å²) < 4.78 is 0. The number of hydrogen-bond acceptors (Lipinski definition) is 2. The third-order valence-corrected chi connectivity index (χ3v) is 2.17. The normalized spacial score (nSPS) is 9.75. The number of fused-ring (bicyclic) bond motifs is 1. The summed E-state index contributed by atoms with van der Waals surface area (Å²) in [6.45, 7) is 4.78. The summed E-state index contributed by atoms with van der Waals surface area (Å²) in [7, 11) is 0. The summed E-state index contributed by atoms with van der Waals surface area (Å²) in [6, 6.07) is 9.69. The van der Waals surface area contributed by atoms with Gasteiger partial charge in [-0.2, -0.15) is 0 Å². The first-order valence-electron chi connectivity index (χ1n) is 5.46. The van der Waals surface area contributed by atoms with Crippen LogP contribution in [0.1, 0.15) is 25.8 Å². The number of rotatable bonds is 1. The fourth-order valence-electron chi connectivity index (χ4n) is 1.26. The van der Waals surface area contributed by atoms with Crippen LogP contribution in [-0.2, 0) is 6.54 Å². The van der Waals surface area contributed by atoms with Crippen molar-refractivity contribution >= 4 is 22.5 Å². The third kappa shape index (κ3) is 3.47. The van der Waals surface area contributed by atoms with E-state index in [4.69, 9.17) is 17.3 Å². The van der Waals surface area contributed by atoms with Crippen molar-refractivity contribution in [1.29, 1.82) is 0 Å². The van der Waals surface area contributed by atoms with Crippen LogP contribution in [0.3, 0.4) is 0 Å².